The fourth-order valence-corrected chi connectivity index (χ4v) is 1.22. The van der Waals surface area contributed by atoms with Crippen molar-refractivity contribution in [1.82, 2.24) is 0 Å². The molecule has 0 bridgehead atoms. The van der Waals surface area contributed by atoms with E-state index in [1.165, 1.54) is 0 Å². The third-order valence-electron chi connectivity index (χ3n) is 2.61. The van der Waals surface area contributed by atoms with Gasteiger partial charge in [0.1, 0.15) is 0 Å². The van der Waals surface area contributed by atoms with E-state index in [0.29, 0.717) is 5.92 Å². The van der Waals surface area contributed by atoms with Crippen molar-refractivity contribution >= 4 is 0 Å². The van der Waals surface area contributed by atoms with Crippen LogP contribution in [0.3, 0.4) is 0 Å². The van der Waals surface area contributed by atoms with Gasteiger partial charge >= 0.3 is 0 Å². The van der Waals surface area contributed by atoms with Crippen LogP contribution in [0.5, 0.6) is 0 Å². The molecule has 0 saturated carbocycles. The fourth-order valence-electron chi connectivity index (χ4n) is 1.22. The van der Waals surface area contributed by atoms with Crippen molar-refractivity contribution in [3.05, 3.63) is 0 Å². The number of rotatable bonds is 2. The molecule has 1 saturated heterocycles. The van der Waals surface area contributed by atoms with Gasteiger partial charge < -0.3 is 9.47 Å². The molecule has 0 unspecified atom stereocenters. The molecular formula is C11H24O2. The first-order valence-electron chi connectivity index (χ1n) is 4.79. The van der Waals surface area contributed by atoms with Crippen molar-refractivity contribution in [2.45, 2.75) is 47.8 Å². The summed E-state index contributed by atoms with van der Waals surface area (Å²) >= 11 is 0. The van der Waals surface area contributed by atoms with Gasteiger partial charge in [0, 0.05) is 11.3 Å². The molecule has 2 heteroatoms. The van der Waals surface area contributed by atoms with Crippen molar-refractivity contribution in [3.63, 3.8) is 0 Å². The molecule has 0 amide bonds. The zero-order valence-electron chi connectivity index (χ0n) is 8.59. The molecule has 13 heavy (non-hydrogen) atoms. The number of hydrogen-bond acceptors (Lipinski definition) is 2. The Balaban J connectivity index is 0.00000144. The second-order valence-corrected chi connectivity index (χ2v) is 4.45. The Morgan fingerprint density at radius 3 is 2.08 bits per heavy atom. The molecule has 0 aromatic carbocycles. The quantitative estimate of drug-likeness (QED) is 0.663. The van der Waals surface area contributed by atoms with Gasteiger partial charge in [0.15, 0.2) is 6.29 Å². The average Bonchev–Trinajstić information content (AvgIpc) is 2.05. The maximum Gasteiger partial charge on any atom is 0.162 e. The highest BCUT2D eigenvalue weighted by atomic mass is 16.7. The highest BCUT2D eigenvalue weighted by Gasteiger charge is 2.32. The third kappa shape index (κ3) is 3.28. The zero-order valence-corrected chi connectivity index (χ0v) is 8.59. The molecule has 0 radical (unpaired) electrons. The number of ether oxygens (including phenoxy) is 2. The maximum absolute atomic E-state index is 5.62. The summed E-state index contributed by atoms with van der Waals surface area (Å²) in [6, 6.07) is 0. The van der Waals surface area contributed by atoms with E-state index in [0.717, 1.165) is 19.6 Å². The molecular weight excluding hydrogens is 164 g/mol. The van der Waals surface area contributed by atoms with Crippen LogP contribution in [0.4, 0.5) is 0 Å². The van der Waals surface area contributed by atoms with Gasteiger partial charge in [0.05, 0.1) is 13.2 Å². The molecule has 0 spiro atoms. The van der Waals surface area contributed by atoms with Crippen LogP contribution < -0.4 is 0 Å². The van der Waals surface area contributed by atoms with Crippen LogP contribution in [0, 0.1) is 11.3 Å². The molecule has 80 valence electrons. The van der Waals surface area contributed by atoms with Crippen molar-refractivity contribution in [3.8, 4) is 0 Å². The Bertz CT molecular complexity index is 135. The molecule has 1 heterocycles. The maximum atomic E-state index is 5.62. The summed E-state index contributed by atoms with van der Waals surface area (Å²) in [5.74, 6) is 0.550. The Morgan fingerprint density at radius 2 is 1.69 bits per heavy atom. The summed E-state index contributed by atoms with van der Waals surface area (Å²) in [6.45, 7) is 10.4. The van der Waals surface area contributed by atoms with Gasteiger partial charge in [0.2, 0.25) is 0 Å². The molecule has 0 N–H and O–H groups in total. The van der Waals surface area contributed by atoms with Gasteiger partial charge in [0.25, 0.3) is 0 Å². The van der Waals surface area contributed by atoms with Crippen LogP contribution in [0.2, 0.25) is 0 Å². The zero-order chi connectivity index (χ0) is 9.19. The highest BCUT2D eigenvalue weighted by molar-refractivity contribution is 4.73. The van der Waals surface area contributed by atoms with E-state index in [-0.39, 0.29) is 19.1 Å². The van der Waals surface area contributed by atoms with Crippen LogP contribution >= 0.6 is 0 Å². The van der Waals surface area contributed by atoms with Crippen molar-refractivity contribution < 1.29 is 9.47 Å². The van der Waals surface area contributed by atoms with Crippen LogP contribution in [0.25, 0.3) is 0 Å². The molecule has 1 rings (SSSR count). The molecule has 2 nitrogen and oxygen atoms in total. The number of hydrogen-bond donors (Lipinski definition) is 0. The van der Waals surface area contributed by atoms with E-state index in [4.69, 9.17) is 9.47 Å². The minimum Gasteiger partial charge on any atom is -0.352 e. The summed E-state index contributed by atoms with van der Waals surface area (Å²) in [5.41, 5.74) is 0.153. The summed E-state index contributed by atoms with van der Waals surface area (Å²) in [5, 5.41) is 0. The summed E-state index contributed by atoms with van der Waals surface area (Å²) in [7, 11) is 0. The predicted molar refractivity (Wildman–Crippen MR) is 55.7 cm³/mol. The van der Waals surface area contributed by atoms with Gasteiger partial charge in [-0.15, -0.1) is 0 Å². The lowest BCUT2D eigenvalue weighted by Gasteiger charge is -2.37. The molecule has 1 aliphatic rings. The normalized spacial score (nSPS) is 29.5. The van der Waals surface area contributed by atoms with Crippen molar-refractivity contribution in [2.75, 3.05) is 13.2 Å². The molecule has 0 aromatic rings. The molecule has 1 fully saturated rings. The average molecular weight is 188 g/mol. The van der Waals surface area contributed by atoms with Gasteiger partial charge in [-0.25, -0.2) is 0 Å². The topological polar surface area (TPSA) is 18.5 Å². The summed E-state index contributed by atoms with van der Waals surface area (Å²) in [4.78, 5) is 0. The van der Waals surface area contributed by atoms with Gasteiger partial charge in [-0.1, -0.05) is 35.1 Å². The first kappa shape index (κ1) is 12.9. The Morgan fingerprint density at radius 1 is 1.23 bits per heavy atom. The minimum absolute atomic E-state index is 0. The fraction of sp³-hybridized carbons (Fsp3) is 1.00. The predicted octanol–water partition coefficient (Wildman–Crippen LogP) is 3.07. The van der Waals surface area contributed by atoms with Gasteiger partial charge in [-0.3, -0.25) is 0 Å². The van der Waals surface area contributed by atoms with E-state index in [1.54, 1.807) is 0 Å². The standard InChI is InChI=1S/C10H20O2.CH4/c1-5-10(3,4)9-11-6-8(2)7-12-9;/h8-9H,5-7H2,1-4H3;1H4. The molecule has 0 aromatic heterocycles. The first-order chi connectivity index (χ1) is 5.56. The first-order valence-corrected chi connectivity index (χ1v) is 4.79. The van der Waals surface area contributed by atoms with Gasteiger partial charge in [-0.05, 0) is 6.42 Å². The lowest BCUT2D eigenvalue weighted by atomic mass is 9.89. The lowest BCUT2D eigenvalue weighted by molar-refractivity contribution is -0.244. The summed E-state index contributed by atoms with van der Waals surface area (Å²) in [6.07, 6.45) is 1.09. The SMILES string of the molecule is C.CCC(C)(C)C1OCC(C)CO1. The van der Waals surface area contributed by atoms with Crippen LogP contribution in [0.15, 0.2) is 0 Å². The molecule has 1 aliphatic heterocycles. The summed E-state index contributed by atoms with van der Waals surface area (Å²) < 4.78 is 11.2. The Kier molecular flexibility index (Phi) is 4.93. The Hall–Kier alpha value is -0.0800. The van der Waals surface area contributed by atoms with E-state index in [1.807, 2.05) is 0 Å². The Labute approximate surface area is 82.6 Å². The van der Waals surface area contributed by atoms with Gasteiger partial charge in [-0.2, -0.15) is 0 Å². The minimum atomic E-state index is -0.00120. The van der Waals surface area contributed by atoms with E-state index >= 15 is 0 Å². The van der Waals surface area contributed by atoms with E-state index in [2.05, 4.69) is 27.7 Å². The van der Waals surface area contributed by atoms with Crippen LogP contribution in [0.1, 0.15) is 41.5 Å². The van der Waals surface area contributed by atoms with Crippen molar-refractivity contribution in [1.29, 1.82) is 0 Å². The largest absolute Gasteiger partial charge is 0.352 e. The highest BCUT2D eigenvalue weighted by Crippen LogP contribution is 2.30. The second-order valence-electron chi connectivity index (χ2n) is 4.45. The van der Waals surface area contributed by atoms with Crippen molar-refractivity contribution in [2.24, 2.45) is 11.3 Å². The smallest absolute Gasteiger partial charge is 0.162 e. The van der Waals surface area contributed by atoms with Crippen LogP contribution in [-0.4, -0.2) is 19.5 Å². The molecule has 0 aliphatic carbocycles. The van der Waals surface area contributed by atoms with Crippen LogP contribution in [-0.2, 0) is 9.47 Å². The monoisotopic (exact) mass is 188 g/mol. The van der Waals surface area contributed by atoms with E-state index in [9.17, 15) is 0 Å². The lowest BCUT2D eigenvalue weighted by Crippen LogP contribution is -2.40. The van der Waals surface area contributed by atoms with E-state index < -0.39 is 0 Å². The third-order valence-corrected chi connectivity index (χ3v) is 2.61. The second kappa shape index (κ2) is 4.97. The molecule has 0 atom stereocenters.